The van der Waals surface area contributed by atoms with Crippen molar-refractivity contribution >= 4 is 27.6 Å². The van der Waals surface area contributed by atoms with Gasteiger partial charge in [-0.05, 0) is 25.0 Å². The summed E-state index contributed by atoms with van der Waals surface area (Å²) < 4.78 is 31.4. The van der Waals surface area contributed by atoms with E-state index in [1.807, 2.05) is 0 Å². The fraction of sp³-hybridized carbons (Fsp3) is 0.462. The maximum atomic E-state index is 12.6. The van der Waals surface area contributed by atoms with Crippen molar-refractivity contribution in [2.24, 2.45) is 5.92 Å². The molecule has 8 heteroatoms. The van der Waals surface area contributed by atoms with Crippen molar-refractivity contribution < 1.29 is 23.1 Å². The lowest BCUT2D eigenvalue weighted by Crippen LogP contribution is -2.42. The third-order valence-corrected chi connectivity index (χ3v) is 5.67. The van der Waals surface area contributed by atoms with E-state index in [1.54, 1.807) is 0 Å². The molecule has 1 saturated heterocycles. The van der Waals surface area contributed by atoms with Crippen molar-refractivity contribution in [3.8, 4) is 5.75 Å². The number of benzene rings is 1. The molecule has 2 rings (SSSR count). The van der Waals surface area contributed by atoms with Crippen LogP contribution in [-0.4, -0.2) is 44.0 Å². The molecule has 1 aromatic carbocycles. The average Bonchev–Trinajstić information content (AvgIpc) is 2.47. The Morgan fingerprint density at radius 2 is 2.19 bits per heavy atom. The Bertz CT molecular complexity index is 646. The lowest BCUT2D eigenvalue weighted by atomic mass is 10.0. The molecule has 1 aliphatic rings. The molecular weight excluding hydrogens is 318 g/mol. The number of nitrogens with zero attached hydrogens (tertiary/aromatic N) is 1. The Morgan fingerprint density at radius 3 is 2.81 bits per heavy atom. The van der Waals surface area contributed by atoms with Gasteiger partial charge in [0.05, 0.1) is 22.9 Å². The van der Waals surface area contributed by atoms with Crippen molar-refractivity contribution in [2.75, 3.05) is 20.2 Å². The highest BCUT2D eigenvalue weighted by atomic mass is 35.5. The minimum Gasteiger partial charge on any atom is -0.495 e. The first-order valence-electron chi connectivity index (χ1n) is 6.42. The molecule has 1 heterocycles. The van der Waals surface area contributed by atoms with Crippen LogP contribution >= 0.6 is 11.6 Å². The number of sulfonamides is 1. The summed E-state index contributed by atoms with van der Waals surface area (Å²) in [5.41, 5.74) is 0. The molecule has 0 radical (unpaired) electrons. The fourth-order valence-electron chi connectivity index (χ4n) is 2.31. The van der Waals surface area contributed by atoms with Gasteiger partial charge in [0.25, 0.3) is 0 Å². The van der Waals surface area contributed by atoms with Crippen LogP contribution in [-0.2, 0) is 14.8 Å². The van der Waals surface area contributed by atoms with Crippen LogP contribution < -0.4 is 4.74 Å². The molecule has 1 unspecified atom stereocenters. The molecule has 1 atom stereocenters. The Balaban J connectivity index is 2.31. The number of carboxylic acids is 1. The van der Waals surface area contributed by atoms with Crippen LogP contribution in [0.5, 0.6) is 5.75 Å². The van der Waals surface area contributed by atoms with E-state index in [0.717, 1.165) is 0 Å². The standard InChI is InChI=1S/C13H16ClNO5S/c1-20-12-7-10(4-5-11(12)14)21(18,19)15-6-2-3-9(8-15)13(16)17/h4-5,7,9H,2-3,6,8H2,1H3,(H,16,17). The molecule has 0 saturated carbocycles. The molecule has 116 valence electrons. The van der Waals surface area contributed by atoms with Crippen LogP contribution in [0.15, 0.2) is 23.1 Å². The minimum absolute atomic E-state index is 0.0113. The molecular formula is C13H16ClNO5S. The lowest BCUT2D eigenvalue weighted by Gasteiger charge is -2.29. The molecule has 6 nitrogen and oxygen atoms in total. The number of hydrogen-bond donors (Lipinski definition) is 1. The Labute approximate surface area is 128 Å². The number of rotatable bonds is 4. The van der Waals surface area contributed by atoms with Crippen LogP contribution in [0, 0.1) is 5.92 Å². The second-order valence-corrected chi connectivity index (χ2v) is 7.18. The van der Waals surface area contributed by atoms with Gasteiger partial charge in [-0.2, -0.15) is 4.31 Å². The average molecular weight is 334 g/mol. The monoisotopic (exact) mass is 333 g/mol. The van der Waals surface area contributed by atoms with E-state index in [-0.39, 0.29) is 17.2 Å². The molecule has 1 aromatic rings. The first-order valence-corrected chi connectivity index (χ1v) is 8.24. The van der Waals surface area contributed by atoms with E-state index < -0.39 is 21.9 Å². The van der Waals surface area contributed by atoms with E-state index in [0.29, 0.717) is 24.4 Å². The lowest BCUT2D eigenvalue weighted by molar-refractivity contribution is -0.142. The highest BCUT2D eigenvalue weighted by Crippen LogP contribution is 2.30. The Kier molecular flexibility index (Phi) is 4.75. The van der Waals surface area contributed by atoms with Gasteiger partial charge in [-0.15, -0.1) is 0 Å². The van der Waals surface area contributed by atoms with Gasteiger partial charge < -0.3 is 9.84 Å². The number of carboxylic acid groups (broad SMARTS) is 1. The van der Waals surface area contributed by atoms with Crippen LogP contribution in [0.2, 0.25) is 5.02 Å². The minimum atomic E-state index is -3.75. The van der Waals surface area contributed by atoms with Gasteiger partial charge >= 0.3 is 5.97 Å². The maximum absolute atomic E-state index is 12.6. The normalized spacial score (nSPS) is 20.2. The first kappa shape index (κ1) is 16.1. The predicted molar refractivity (Wildman–Crippen MR) is 77.1 cm³/mol. The number of carbonyl (C=O) groups is 1. The summed E-state index contributed by atoms with van der Waals surface area (Å²) in [6.07, 6.45) is 1.02. The third-order valence-electron chi connectivity index (χ3n) is 3.49. The summed E-state index contributed by atoms with van der Waals surface area (Å²) in [5.74, 6) is -1.36. The molecule has 1 aliphatic heterocycles. The number of methoxy groups -OCH3 is 1. The van der Waals surface area contributed by atoms with Crippen molar-refractivity contribution in [1.29, 1.82) is 0 Å². The number of aliphatic carboxylic acids is 1. The second-order valence-electron chi connectivity index (χ2n) is 4.84. The summed E-state index contributed by atoms with van der Waals surface area (Å²) in [5, 5.41) is 9.37. The Morgan fingerprint density at radius 1 is 1.48 bits per heavy atom. The maximum Gasteiger partial charge on any atom is 0.307 e. The molecule has 1 fully saturated rings. The summed E-state index contributed by atoms with van der Waals surface area (Å²) in [4.78, 5) is 11.1. The number of hydrogen-bond acceptors (Lipinski definition) is 4. The number of halogens is 1. The van der Waals surface area contributed by atoms with Crippen molar-refractivity contribution in [1.82, 2.24) is 4.31 Å². The van der Waals surface area contributed by atoms with E-state index >= 15 is 0 Å². The van der Waals surface area contributed by atoms with Crippen LogP contribution in [0.4, 0.5) is 0 Å². The van der Waals surface area contributed by atoms with Crippen molar-refractivity contribution in [3.05, 3.63) is 23.2 Å². The van der Waals surface area contributed by atoms with Crippen LogP contribution in [0.3, 0.4) is 0 Å². The van der Waals surface area contributed by atoms with Crippen LogP contribution in [0.1, 0.15) is 12.8 Å². The van der Waals surface area contributed by atoms with E-state index in [2.05, 4.69) is 0 Å². The van der Waals surface area contributed by atoms with Gasteiger partial charge in [0.1, 0.15) is 5.75 Å². The molecule has 0 aromatic heterocycles. The Hall–Kier alpha value is -1.31. The largest absolute Gasteiger partial charge is 0.495 e. The predicted octanol–water partition coefficient (Wildman–Crippen LogP) is 1.83. The van der Waals surface area contributed by atoms with Gasteiger partial charge in [0, 0.05) is 19.2 Å². The van der Waals surface area contributed by atoms with Gasteiger partial charge in [-0.1, -0.05) is 11.6 Å². The first-order chi connectivity index (χ1) is 9.86. The number of ether oxygens (including phenoxy) is 1. The smallest absolute Gasteiger partial charge is 0.307 e. The van der Waals surface area contributed by atoms with Gasteiger partial charge in [0.2, 0.25) is 10.0 Å². The van der Waals surface area contributed by atoms with Gasteiger partial charge in [-0.3, -0.25) is 4.79 Å². The van der Waals surface area contributed by atoms with E-state index in [9.17, 15) is 13.2 Å². The zero-order valence-electron chi connectivity index (χ0n) is 11.5. The van der Waals surface area contributed by atoms with Gasteiger partial charge in [0.15, 0.2) is 0 Å². The van der Waals surface area contributed by atoms with Crippen molar-refractivity contribution in [2.45, 2.75) is 17.7 Å². The summed E-state index contributed by atoms with van der Waals surface area (Å²) >= 11 is 5.89. The quantitative estimate of drug-likeness (QED) is 0.908. The zero-order chi connectivity index (χ0) is 15.6. The summed E-state index contributed by atoms with van der Waals surface area (Å²) in [7, 11) is -2.34. The SMILES string of the molecule is COc1cc(S(=O)(=O)N2CCCC(C(=O)O)C2)ccc1Cl. The topological polar surface area (TPSA) is 83.9 Å². The molecule has 0 spiro atoms. The highest BCUT2D eigenvalue weighted by molar-refractivity contribution is 7.89. The van der Waals surface area contributed by atoms with Gasteiger partial charge in [-0.25, -0.2) is 8.42 Å². The molecule has 0 bridgehead atoms. The summed E-state index contributed by atoms with van der Waals surface area (Å²) in [6.45, 7) is 0.305. The van der Waals surface area contributed by atoms with Crippen molar-refractivity contribution in [3.63, 3.8) is 0 Å². The molecule has 0 aliphatic carbocycles. The number of piperidine rings is 1. The molecule has 1 N–H and O–H groups in total. The highest BCUT2D eigenvalue weighted by Gasteiger charge is 2.33. The molecule has 21 heavy (non-hydrogen) atoms. The summed E-state index contributed by atoms with van der Waals surface area (Å²) in [6, 6.07) is 4.19. The third kappa shape index (κ3) is 3.30. The zero-order valence-corrected chi connectivity index (χ0v) is 13.0. The van der Waals surface area contributed by atoms with E-state index in [4.69, 9.17) is 21.4 Å². The second kappa shape index (κ2) is 6.21. The van der Waals surface area contributed by atoms with E-state index in [1.165, 1.54) is 29.6 Å². The molecule has 0 amide bonds. The fourth-order valence-corrected chi connectivity index (χ4v) is 4.05. The van der Waals surface area contributed by atoms with Crippen LogP contribution in [0.25, 0.3) is 0 Å².